The number of carbonyl (C=O) groups is 2. The van der Waals surface area contributed by atoms with Crippen molar-refractivity contribution in [3.63, 3.8) is 0 Å². The average Bonchev–Trinajstić information content (AvgIpc) is 2.52. The van der Waals surface area contributed by atoms with Crippen LogP contribution >= 0.6 is 11.8 Å². The molecule has 0 atom stereocenters. The Kier molecular flexibility index (Phi) is 6.06. The molecule has 0 aliphatic rings. The summed E-state index contributed by atoms with van der Waals surface area (Å²) in [5.41, 5.74) is 5.49. The summed E-state index contributed by atoms with van der Waals surface area (Å²) in [5.74, 6) is 0. The highest BCUT2D eigenvalue weighted by Gasteiger charge is 2.22. The van der Waals surface area contributed by atoms with Crippen molar-refractivity contribution in [3.05, 3.63) is 57.6 Å². The maximum Gasteiger partial charge on any atom is 0.150 e. The Morgan fingerprint density at radius 1 is 0.667 bits per heavy atom. The summed E-state index contributed by atoms with van der Waals surface area (Å²) < 4.78 is 0. The molecule has 0 bridgehead atoms. The van der Waals surface area contributed by atoms with Gasteiger partial charge in [0, 0.05) is 20.9 Å². The molecule has 0 radical (unpaired) electrons. The summed E-state index contributed by atoms with van der Waals surface area (Å²) >= 11 is 1.68. The van der Waals surface area contributed by atoms with Gasteiger partial charge in [0.15, 0.2) is 12.6 Å². The second-order valence-corrected chi connectivity index (χ2v) is 10.4. The van der Waals surface area contributed by atoms with Gasteiger partial charge in [0.05, 0.1) is 0 Å². The van der Waals surface area contributed by atoms with E-state index < -0.39 is 0 Å². The summed E-state index contributed by atoms with van der Waals surface area (Å²) in [7, 11) is 0. The second kappa shape index (κ2) is 7.63. The van der Waals surface area contributed by atoms with Crippen molar-refractivity contribution in [1.82, 2.24) is 0 Å². The lowest BCUT2D eigenvalue weighted by atomic mass is 9.82. The predicted octanol–water partition coefficient (Wildman–Crippen LogP) is 6.67. The molecule has 2 nitrogen and oxygen atoms in total. The fourth-order valence-electron chi connectivity index (χ4n) is 3.34. The summed E-state index contributed by atoms with van der Waals surface area (Å²) in [6, 6.07) is 8.40. The highest BCUT2D eigenvalue weighted by Crippen LogP contribution is 2.38. The lowest BCUT2D eigenvalue weighted by Gasteiger charge is -2.24. The molecule has 3 heteroatoms. The van der Waals surface area contributed by atoms with Crippen LogP contribution in [-0.4, -0.2) is 12.6 Å². The first-order valence-corrected chi connectivity index (χ1v) is 10.1. The van der Waals surface area contributed by atoms with Gasteiger partial charge in [-0.05, 0) is 71.2 Å². The Labute approximate surface area is 167 Å². The SMILES string of the molecule is Cc1cc(Sc2cc(C)c(C=O)c(C(C)(C)C)c2)cc(C(C)(C)C)c1C=O. The molecule has 144 valence electrons. The van der Waals surface area contributed by atoms with Crippen molar-refractivity contribution in [1.29, 1.82) is 0 Å². The van der Waals surface area contributed by atoms with Crippen molar-refractivity contribution in [3.8, 4) is 0 Å². The molecule has 0 heterocycles. The van der Waals surface area contributed by atoms with Crippen LogP contribution in [0, 0.1) is 13.8 Å². The summed E-state index contributed by atoms with van der Waals surface area (Å²) in [6.45, 7) is 16.8. The number of aryl methyl sites for hydroxylation is 2. The van der Waals surface area contributed by atoms with Crippen molar-refractivity contribution >= 4 is 24.3 Å². The zero-order chi connectivity index (χ0) is 20.6. The van der Waals surface area contributed by atoms with Crippen molar-refractivity contribution in [2.75, 3.05) is 0 Å². The molecule has 0 saturated carbocycles. The minimum atomic E-state index is -0.106. The number of rotatable bonds is 4. The van der Waals surface area contributed by atoms with Crippen LogP contribution in [-0.2, 0) is 10.8 Å². The Hall–Kier alpha value is -1.87. The molecule has 2 rings (SSSR count). The summed E-state index contributed by atoms with van der Waals surface area (Å²) in [6.07, 6.45) is 1.93. The van der Waals surface area contributed by atoms with Gasteiger partial charge in [0.2, 0.25) is 0 Å². The Morgan fingerprint density at radius 3 is 1.26 bits per heavy atom. The molecule has 0 amide bonds. The smallest absolute Gasteiger partial charge is 0.150 e. The minimum Gasteiger partial charge on any atom is -0.298 e. The van der Waals surface area contributed by atoms with Crippen LogP contribution in [0.4, 0.5) is 0 Å². The third kappa shape index (κ3) is 4.70. The van der Waals surface area contributed by atoms with E-state index in [4.69, 9.17) is 0 Å². The van der Waals surface area contributed by atoms with E-state index in [0.29, 0.717) is 0 Å². The average molecular weight is 383 g/mol. The van der Waals surface area contributed by atoms with Crippen molar-refractivity contribution < 1.29 is 9.59 Å². The maximum absolute atomic E-state index is 11.6. The molecule has 0 spiro atoms. The first-order chi connectivity index (χ1) is 12.4. The van der Waals surface area contributed by atoms with Crippen LogP contribution in [0.5, 0.6) is 0 Å². The molecule has 0 unspecified atom stereocenters. The first kappa shape index (κ1) is 21.4. The van der Waals surface area contributed by atoms with Gasteiger partial charge >= 0.3 is 0 Å². The normalized spacial score (nSPS) is 12.1. The zero-order valence-electron chi connectivity index (χ0n) is 17.7. The van der Waals surface area contributed by atoms with Crippen molar-refractivity contribution in [2.24, 2.45) is 0 Å². The van der Waals surface area contributed by atoms with E-state index in [1.54, 1.807) is 11.8 Å². The molecule has 0 aliphatic carbocycles. The molecular formula is C24H30O2S. The Morgan fingerprint density at radius 2 is 1.00 bits per heavy atom. The largest absolute Gasteiger partial charge is 0.298 e. The number of hydrogen-bond donors (Lipinski definition) is 0. The highest BCUT2D eigenvalue weighted by molar-refractivity contribution is 7.99. The predicted molar refractivity (Wildman–Crippen MR) is 115 cm³/mol. The topological polar surface area (TPSA) is 34.1 Å². The zero-order valence-corrected chi connectivity index (χ0v) is 18.5. The van der Waals surface area contributed by atoms with Crippen LogP contribution in [0.3, 0.4) is 0 Å². The van der Waals surface area contributed by atoms with Gasteiger partial charge in [0.25, 0.3) is 0 Å². The van der Waals surface area contributed by atoms with E-state index in [1.807, 2.05) is 13.8 Å². The van der Waals surface area contributed by atoms with E-state index in [9.17, 15) is 9.59 Å². The van der Waals surface area contributed by atoms with Gasteiger partial charge < -0.3 is 0 Å². The lowest BCUT2D eigenvalue weighted by Crippen LogP contribution is -2.15. The summed E-state index contributed by atoms with van der Waals surface area (Å²) in [4.78, 5) is 25.4. The van der Waals surface area contributed by atoms with E-state index in [1.165, 1.54) is 0 Å². The van der Waals surface area contributed by atoms with Crippen molar-refractivity contribution in [2.45, 2.75) is 76.0 Å². The van der Waals surface area contributed by atoms with Crippen LogP contribution in [0.15, 0.2) is 34.1 Å². The third-order valence-corrected chi connectivity index (χ3v) is 5.75. The molecule has 0 N–H and O–H groups in total. The Balaban J connectivity index is 2.58. The number of carbonyl (C=O) groups excluding carboxylic acids is 2. The van der Waals surface area contributed by atoms with Gasteiger partial charge in [0.1, 0.15) is 0 Å². The molecule has 0 saturated heterocycles. The summed E-state index contributed by atoms with van der Waals surface area (Å²) in [5, 5.41) is 0. The molecule has 0 aliphatic heterocycles. The molecule has 2 aromatic rings. The van der Waals surface area contributed by atoms with Crippen LogP contribution < -0.4 is 0 Å². The van der Waals surface area contributed by atoms with E-state index >= 15 is 0 Å². The number of hydrogen-bond acceptors (Lipinski definition) is 3. The van der Waals surface area contributed by atoms with Gasteiger partial charge in [-0.1, -0.05) is 53.3 Å². The third-order valence-electron chi connectivity index (χ3n) is 4.81. The second-order valence-electron chi connectivity index (χ2n) is 9.24. The van der Waals surface area contributed by atoms with Gasteiger partial charge in [-0.25, -0.2) is 0 Å². The number of aldehydes is 2. The Bertz CT molecular complexity index is 807. The fourth-order valence-corrected chi connectivity index (χ4v) is 4.44. The lowest BCUT2D eigenvalue weighted by molar-refractivity contribution is 0.111. The van der Waals surface area contributed by atoms with Gasteiger partial charge in [-0.3, -0.25) is 9.59 Å². The maximum atomic E-state index is 11.6. The fraction of sp³-hybridized carbons (Fsp3) is 0.417. The van der Waals surface area contributed by atoms with E-state index in [2.05, 4.69) is 65.8 Å². The minimum absolute atomic E-state index is 0.106. The molecule has 27 heavy (non-hydrogen) atoms. The quantitative estimate of drug-likeness (QED) is 0.553. The first-order valence-electron chi connectivity index (χ1n) is 9.27. The monoisotopic (exact) mass is 382 g/mol. The van der Waals surface area contributed by atoms with Crippen LogP contribution in [0.25, 0.3) is 0 Å². The molecule has 0 fully saturated rings. The highest BCUT2D eigenvalue weighted by atomic mass is 32.2. The van der Waals surface area contributed by atoms with Gasteiger partial charge in [-0.15, -0.1) is 0 Å². The van der Waals surface area contributed by atoms with Crippen LogP contribution in [0.1, 0.15) is 84.5 Å². The number of benzene rings is 2. The van der Waals surface area contributed by atoms with Gasteiger partial charge in [-0.2, -0.15) is 0 Å². The molecule has 0 aromatic heterocycles. The van der Waals surface area contributed by atoms with E-state index in [-0.39, 0.29) is 10.8 Å². The standard InChI is InChI=1S/C24H30O2S/c1-15-9-17(11-21(19(15)13-25)23(3,4)5)27-18-10-16(2)20(14-26)22(12-18)24(6,7)8/h9-14H,1-8H3. The van der Waals surface area contributed by atoms with E-state index in [0.717, 1.165) is 55.7 Å². The molecular weight excluding hydrogens is 352 g/mol. The van der Waals surface area contributed by atoms with Crippen LogP contribution in [0.2, 0.25) is 0 Å². The molecule has 2 aromatic carbocycles.